The predicted molar refractivity (Wildman–Crippen MR) is 125 cm³/mol. The summed E-state index contributed by atoms with van der Waals surface area (Å²) in [6, 6.07) is 0. The van der Waals surface area contributed by atoms with Crippen LogP contribution >= 0.6 is 24.0 Å². The Morgan fingerprint density at radius 2 is 2.04 bits per heavy atom. The Morgan fingerprint density at radius 3 is 2.82 bits per heavy atom. The standard InChI is InChI=1S/C19H32N8.HI/c1-14-5-4-6-15(11-14)7-8-22-19(20-2)23-10-9-21-17-16-12-26-27(3)18(16)25-13-24-17;/h12-15H,4-11H2,1-3H3,(H2,20,22,23)(H,21,24,25);1H. The quantitative estimate of drug-likeness (QED) is 0.235. The average molecular weight is 500 g/mol. The Morgan fingerprint density at radius 1 is 1.21 bits per heavy atom. The first-order chi connectivity index (χ1) is 13.2. The van der Waals surface area contributed by atoms with Crippen LogP contribution < -0.4 is 16.0 Å². The van der Waals surface area contributed by atoms with Crippen LogP contribution in [0.2, 0.25) is 0 Å². The third-order valence-corrected chi connectivity index (χ3v) is 5.35. The number of nitrogens with one attached hydrogen (secondary N) is 3. The van der Waals surface area contributed by atoms with Crippen molar-refractivity contribution >= 4 is 46.8 Å². The molecule has 0 spiro atoms. The monoisotopic (exact) mass is 500 g/mol. The second kappa shape index (κ2) is 11.4. The summed E-state index contributed by atoms with van der Waals surface area (Å²) in [4.78, 5) is 12.9. The van der Waals surface area contributed by atoms with Crippen LogP contribution in [0.25, 0.3) is 11.0 Å². The van der Waals surface area contributed by atoms with Gasteiger partial charge in [0.05, 0.1) is 11.6 Å². The third-order valence-electron chi connectivity index (χ3n) is 5.35. The van der Waals surface area contributed by atoms with Gasteiger partial charge >= 0.3 is 0 Å². The maximum absolute atomic E-state index is 4.32. The molecule has 2 aromatic rings. The molecule has 3 N–H and O–H groups in total. The molecule has 0 saturated heterocycles. The molecular weight excluding hydrogens is 467 g/mol. The van der Waals surface area contributed by atoms with Crippen LogP contribution in [-0.4, -0.2) is 52.4 Å². The Balaban J connectivity index is 0.00000280. The van der Waals surface area contributed by atoms with Crippen LogP contribution in [0.4, 0.5) is 5.82 Å². The molecule has 2 atom stereocenters. The summed E-state index contributed by atoms with van der Waals surface area (Å²) < 4.78 is 1.75. The maximum atomic E-state index is 4.32. The molecule has 1 saturated carbocycles. The highest BCUT2D eigenvalue weighted by Crippen LogP contribution is 2.30. The van der Waals surface area contributed by atoms with E-state index in [1.54, 1.807) is 17.2 Å². The molecule has 156 valence electrons. The van der Waals surface area contributed by atoms with Gasteiger partial charge in [0, 0.05) is 33.7 Å². The van der Waals surface area contributed by atoms with Gasteiger partial charge in [-0.15, -0.1) is 24.0 Å². The van der Waals surface area contributed by atoms with Crippen molar-refractivity contribution < 1.29 is 0 Å². The summed E-state index contributed by atoms with van der Waals surface area (Å²) in [6.45, 7) is 4.85. The Kier molecular flexibility index (Phi) is 9.20. The van der Waals surface area contributed by atoms with Gasteiger partial charge < -0.3 is 16.0 Å². The second-order valence-corrected chi connectivity index (χ2v) is 7.51. The first kappa shape index (κ1) is 22.6. The molecule has 1 aliphatic carbocycles. The van der Waals surface area contributed by atoms with E-state index in [2.05, 4.69) is 42.9 Å². The van der Waals surface area contributed by atoms with Crippen molar-refractivity contribution in [3.63, 3.8) is 0 Å². The van der Waals surface area contributed by atoms with E-state index in [0.717, 1.165) is 54.3 Å². The molecule has 8 nitrogen and oxygen atoms in total. The number of nitrogens with zero attached hydrogens (tertiary/aromatic N) is 5. The number of guanidine groups is 1. The van der Waals surface area contributed by atoms with Gasteiger partial charge in [-0.3, -0.25) is 9.67 Å². The van der Waals surface area contributed by atoms with Gasteiger partial charge in [-0.05, 0) is 24.7 Å². The van der Waals surface area contributed by atoms with E-state index in [4.69, 9.17) is 0 Å². The number of halogens is 1. The van der Waals surface area contributed by atoms with Gasteiger partial charge in [0.1, 0.15) is 12.1 Å². The van der Waals surface area contributed by atoms with E-state index in [1.807, 2.05) is 14.1 Å². The topological polar surface area (TPSA) is 92.1 Å². The molecule has 3 rings (SSSR count). The lowest BCUT2D eigenvalue weighted by Gasteiger charge is -2.26. The van der Waals surface area contributed by atoms with E-state index in [0.29, 0.717) is 0 Å². The zero-order valence-corrected chi connectivity index (χ0v) is 19.4. The van der Waals surface area contributed by atoms with E-state index in [-0.39, 0.29) is 24.0 Å². The lowest BCUT2D eigenvalue weighted by Crippen LogP contribution is -2.40. The Labute approximate surface area is 184 Å². The predicted octanol–water partition coefficient (Wildman–Crippen LogP) is 2.77. The molecule has 2 aromatic heterocycles. The minimum absolute atomic E-state index is 0. The zero-order valence-electron chi connectivity index (χ0n) is 17.1. The highest BCUT2D eigenvalue weighted by Gasteiger charge is 2.18. The van der Waals surface area contributed by atoms with Gasteiger partial charge in [-0.2, -0.15) is 5.10 Å². The van der Waals surface area contributed by atoms with Gasteiger partial charge in [-0.25, -0.2) is 9.97 Å². The number of rotatable bonds is 7. The molecule has 9 heteroatoms. The van der Waals surface area contributed by atoms with Crippen LogP contribution in [0.5, 0.6) is 0 Å². The van der Waals surface area contributed by atoms with Crippen LogP contribution in [0.1, 0.15) is 39.0 Å². The average Bonchev–Trinajstić information content (AvgIpc) is 3.05. The summed E-state index contributed by atoms with van der Waals surface area (Å²) in [5.41, 5.74) is 0.829. The van der Waals surface area contributed by atoms with Gasteiger partial charge in [0.25, 0.3) is 0 Å². The fraction of sp³-hybridized carbons (Fsp3) is 0.684. The van der Waals surface area contributed by atoms with Crippen molar-refractivity contribution in [2.75, 3.05) is 32.0 Å². The molecule has 2 unspecified atom stereocenters. The van der Waals surface area contributed by atoms with Crippen molar-refractivity contribution in [3.05, 3.63) is 12.5 Å². The number of anilines is 1. The second-order valence-electron chi connectivity index (χ2n) is 7.51. The fourth-order valence-corrected chi connectivity index (χ4v) is 3.90. The fourth-order valence-electron chi connectivity index (χ4n) is 3.90. The third kappa shape index (κ3) is 6.18. The summed E-state index contributed by atoms with van der Waals surface area (Å²) >= 11 is 0. The zero-order chi connectivity index (χ0) is 19.1. The molecule has 0 amide bonds. The molecule has 2 heterocycles. The van der Waals surface area contributed by atoms with E-state index < -0.39 is 0 Å². The van der Waals surface area contributed by atoms with Crippen LogP contribution in [0.15, 0.2) is 17.5 Å². The number of aliphatic imine (C=N–C) groups is 1. The SMILES string of the molecule is CN=C(NCCNc1ncnc2c1cnn2C)NCCC1CCCC(C)C1.I. The minimum Gasteiger partial charge on any atom is -0.368 e. The summed E-state index contributed by atoms with van der Waals surface area (Å²) in [6.07, 6.45) is 10.1. The molecular formula is C19H33IN8. The summed E-state index contributed by atoms with van der Waals surface area (Å²) in [5.74, 6) is 3.42. The number of aromatic nitrogens is 4. The smallest absolute Gasteiger partial charge is 0.191 e. The molecule has 28 heavy (non-hydrogen) atoms. The maximum Gasteiger partial charge on any atom is 0.191 e. The van der Waals surface area contributed by atoms with E-state index >= 15 is 0 Å². The molecule has 0 bridgehead atoms. The molecule has 1 fully saturated rings. The number of fused-ring (bicyclic) bond motifs is 1. The van der Waals surface area contributed by atoms with Gasteiger partial charge in [0.2, 0.25) is 0 Å². The highest BCUT2D eigenvalue weighted by molar-refractivity contribution is 14.0. The number of hydrogen-bond acceptors (Lipinski definition) is 5. The highest BCUT2D eigenvalue weighted by atomic mass is 127. The number of aryl methyl sites for hydroxylation is 1. The summed E-state index contributed by atoms with van der Waals surface area (Å²) in [7, 11) is 3.69. The first-order valence-electron chi connectivity index (χ1n) is 9.98. The van der Waals surface area contributed by atoms with Crippen molar-refractivity contribution in [1.29, 1.82) is 0 Å². The van der Waals surface area contributed by atoms with E-state index in [9.17, 15) is 0 Å². The Bertz CT molecular complexity index is 759. The largest absolute Gasteiger partial charge is 0.368 e. The van der Waals surface area contributed by atoms with Gasteiger partial charge in [0.15, 0.2) is 11.6 Å². The minimum atomic E-state index is 0. The normalized spacial score (nSPS) is 19.9. The molecule has 1 aliphatic rings. The van der Waals surface area contributed by atoms with Crippen molar-refractivity contribution in [2.45, 2.75) is 39.0 Å². The molecule has 0 radical (unpaired) electrons. The van der Waals surface area contributed by atoms with E-state index in [1.165, 1.54) is 32.1 Å². The number of hydrogen-bond donors (Lipinski definition) is 3. The Hall–Kier alpha value is -1.65. The lowest BCUT2D eigenvalue weighted by molar-refractivity contribution is 0.270. The van der Waals surface area contributed by atoms with Crippen LogP contribution in [0, 0.1) is 11.8 Å². The molecule has 0 aromatic carbocycles. The summed E-state index contributed by atoms with van der Waals surface area (Å²) in [5, 5.41) is 15.3. The first-order valence-corrected chi connectivity index (χ1v) is 9.98. The lowest BCUT2D eigenvalue weighted by atomic mass is 9.81. The van der Waals surface area contributed by atoms with Crippen molar-refractivity contribution in [3.8, 4) is 0 Å². The van der Waals surface area contributed by atoms with Crippen molar-refractivity contribution in [1.82, 2.24) is 30.4 Å². The van der Waals surface area contributed by atoms with Gasteiger partial charge in [-0.1, -0.05) is 26.2 Å². The van der Waals surface area contributed by atoms with Crippen molar-refractivity contribution in [2.24, 2.45) is 23.9 Å². The van der Waals surface area contributed by atoms with Crippen LogP contribution in [-0.2, 0) is 7.05 Å². The molecule has 0 aliphatic heterocycles. The van der Waals surface area contributed by atoms with Crippen LogP contribution in [0.3, 0.4) is 0 Å².